The van der Waals surface area contributed by atoms with Gasteiger partial charge in [-0.05, 0) is 108 Å². The van der Waals surface area contributed by atoms with Crippen molar-refractivity contribution >= 4 is 110 Å². The molecule has 0 saturated carbocycles. The molecule has 2 nitrogen and oxygen atoms in total. The van der Waals surface area contributed by atoms with E-state index in [0.717, 1.165) is 55.5 Å². The van der Waals surface area contributed by atoms with Gasteiger partial charge in [0, 0.05) is 52.6 Å². The molecule has 67 heavy (non-hydrogen) atoms. The van der Waals surface area contributed by atoms with Crippen molar-refractivity contribution in [2.75, 3.05) is 0 Å². The Balaban J connectivity index is 0.000000465. The van der Waals surface area contributed by atoms with Gasteiger partial charge in [0.1, 0.15) is 0 Å². The monoisotopic (exact) mass is 1080 g/mol. The standard InChI is InChI=1S/C48H87NSi3.C12H7Br2N/c1-34(2)25-50(26-35(3)4,27-36(5)6)43-19-21-45-46-22-20-44(51(28-37(7)8,29-38(9)10)30-39(11)12)24-48(46)49(47(45)23-43)52(31-40(13)14,32-41(15)16)33-42(17)18;13-7-1-3-9-10-4-2-8(14)6-12(10)15-11(9)5-7/h19-24,34-42H,25-33H2,1-18H3;1-6,15H. The summed E-state index contributed by atoms with van der Waals surface area (Å²) in [6.07, 6.45) is 0. The van der Waals surface area contributed by atoms with Crippen molar-refractivity contribution in [2.24, 2.45) is 53.3 Å². The van der Waals surface area contributed by atoms with Crippen LogP contribution in [0.4, 0.5) is 0 Å². The fraction of sp³-hybridized carbons (Fsp3) is 0.600. The molecule has 0 radical (unpaired) electrons. The first kappa shape index (κ1) is 56.0. The lowest BCUT2D eigenvalue weighted by atomic mass is 10.1. The lowest BCUT2D eigenvalue weighted by Gasteiger charge is -2.40. The summed E-state index contributed by atoms with van der Waals surface area (Å²) >= 11 is 6.95. The van der Waals surface area contributed by atoms with Crippen LogP contribution in [-0.4, -0.2) is 33.6 Å². The average molecular weight is 1090 g/mol. The van der Waals surface area contributed by atoms with Crippen LogP contribution in [0.1, 0.15) is 125 Å². The van der Waals surface area contributed by atoms with Crippen LogP contribution in [0.2, 0.25) is 54.4 Å². The molecule has 0 saturated heterocycles. The van der Waals surface area contributed by atoms with E-state index in [1.807, 2.05) is 0 Å². The zero-order chi connectivity index (χ0) is 49.8. The fourth-order valence-corrected chi connectivity index (χ4v) is 35.0. The first-order valence-electron chi connectivity index (χ1n) is 26.7. The molecule has 0 aliphatic rings. The van der Waals surface area contributed by atoms with Gasteiger partial charge in [0.15, 0.2) is 8.24 Å². The van der Waals surface area contributed by atoms with Gasteiger partial charge >= 0.3 is 0 Å². The molecule has 0 unspecified atom stereocenters. The normalized spacial score (nSPS) is 13.3. The fourth-order valence-electron chi connectivity index (χ4n) is 13.7. The third-order valence-electron chi connectivity index (χ3n) is 14.1. The van der Waals surface area contributed by atoms with Crippen LogP contribution in [-0.2, 0) is 0 Å². The number of fused-ring (bicyclic) bond motifs is 6. The molecule has 7 heteroatoms. The summed E-state index contributed by atoms with van der Waals surface area (Å²) in [6, 6.07) is 41.4. The van der Waals surface area contributed by atoms with Crippen LogP contribution in [0.3, 0.4) is 0 Å². The van der Waals surface area contributed by atoms with Gasteiger partial charge in [0.2, 0.25) is 0 Å². The number of benzene rings is 4. The molecule has 0 amide bonds. The van der Waals surface area contributed by atoms with E-state index in [-0.39, 0.29) is 0 Å². The molecule has 0 spiro atoms. The molecule has 0 bridgehead atoms. The number of H-pyrrole nitrogens is 1. The molecular formula is C60H94Br2N2Si3. The van der Waals surface area contributed by atoms with Gasteiger partial charge in [0.05, 0.1) is 16.1 Å². The minimum absolute atomic E-state index is 0.690. The van der Waals surface area contributed by atoms with Crippen molar-refractivity contribution in [1.82, 2.24) is 9.22 Å². The third-order valence-corrected chi connectivity index (χ3v) is 34.0. The largest absolute Gasteiger partial charge is 0.368 e. The first-order valence-corrected chi connectivity index (χ1v) is 36.1. The summed E-state index contributed by atoms with van der Waals surface area (Å²) in [5.74, 6) is 6.44. The van der Waals surface area contributed by atoms with Crippen molar-refractivity contribution in [3.8, 4) is 0 Å². The Kier molecular flexibility index (Phi) is 19.7. The minimum Gasteiger partial charge on any atom is -0.368 e. The molecule has 0 fully saturated rings. The highest BCUT2D eigenvalue weighted by Crippen LogP contribution is 2.43. The zero-order valence-electron chi connectivity index (χ0n) is 45.7. The van der Waals surface area contributed by atoms with E-state index in [0.29, 0.717) is 17.8 Å². The van der Waals surface area contributed by atoms with Crippen molar-refractivity contribution < 1.29 is 0 Å². The first-order chi connectivity index (χ1) is 31.3. The summed E-state index contributed by atoms with van der Waals surface area (Å²) in [5.41, 5.74) is 5.54. The van der Waals surface area contributed by atoms with Gasteiger partial charge in [-0.3, -0.25) is 0 Å². The van der Waals surface area contributed by atoms with Gasteiger partial charge < -0.3 is 9.22 Å². The highest BCUT2D eigenvalue weighted by atomic mass is 79.9. The summed E-state index contributed by atoms with van der Waals surface area (Å²) in [6.45, 7) is 45.0. The van der Waals surface area contributed by atoms with Gasteiger partial charge in [-0.1, -0.05) is 240 Å². The number of rotatable bonds is 21. The Morgan fingerprint density at radius 1 is 0.358 bits per heavy atom. The van der Waals surface area contributed by atoms with Crippen molar-refractivity contribution in [1.29, 1.82) is 0 Å². The minimum atomic E-state index is -2.05. The quantitative estimate of drug-likeness (QED) is 0.0694. The molecule has 0 aliphatic carbocycles. The number of nitrogens with zero attached hydrogens (tertiary/aromatic N) is 1. The number of aromatic amines is 1. The van der Waals surface area contributed by atoms with Crippen molar-refractivity contribution in [2.45, 2.75) is 179 Å². The molecule has 6 aromatic rings. The molecule has 2 aromatic heterocycles. The van der Waals surface area contributed by atoms with E-state index in [1.54, 1.807) is 21.4 Å². The predicted octanol–water partition coefficient (Wildman–Crippen LogP) is 19.6. The summed E-state index contributed by atoms with van der Waals surface area (Å²) < 4.78 is 5.37. The Bertz CT molecular complexity index is 2290. The van der Waals surface area contributed by atoms with E-state index in [1.165, 1.54) is 75.9 Å². The highest BCUT2D eigenvalue weighted by molar-refractivity contribution is 9.10. The van der Waals surface area contributed by atoms with Crippen LogP contribution in [0.15, 0.2) is 81.7 Å². The van der Waals surface area contributed by atoms with E-state index >= 15 is 0 Å². The Morgan fingerprint density at radius 3 is 0.896 bits per heavy atom. The van der Waals surface area contributed by atoms with E-state index in [9.17, 15) is 0 Å². The van der Waals surface area contributed by atoms with Crippen LogP contribution in [0, 0.1) is 53.3 Å². The van der Waals surface area contributed by atoms with Crippen LogP contribution in [0.25, 0.3) is 43.6 Å². The van der Waals surface area contributed by atoms with Crippen molar-refractivity contribution in [3.05, 3.63) is 81.7 Å². The zero-order valence-corrected chi connectivity index (χ0v) is 51.9. The lowest BCUT2D eigenvalue weighted by Crippen LogP contribution is -2.51. The average Bonchev–Trinajstić information content (AvgIpc) is 3.69. The maximum Gasteiger partial charge on any atom is 0.163 e. The Labute approximate surface area is 430 Å². The number of halogens is 2. The topological polar surface area (TPSA) is 20.7 Å². The molecule has 0 atom stereocenters. The second kappa shape index (κ2) is 23.5. The van der Waals surface area contributed by atoms with Crippen LogP contribution < -0.4 is 10.4 Å². The SMILES string of the molecule is Brc1ccc2c(c1)[nH]c1cc(Br)ccc12.CC(C)C[Si](CC(C)C)(CC(C)C)c1ccc2c3ccc([Si](CC(C)C)(CC(C)C)CC(C)C)cc3n([Si](CC(C)C)(CC(C)C)CC(C)C)c2c1. The number of aromatic nitrogens is 2. The molecule has 0 aliphatic heterocycles. The maximum atomic E-state index is 3.47. The van der Waals surface area contributed by atoms with E-state index < -0.39 is 24.4 Å². The van der Waals surface area contributed by atoms with Crippen LogP contribution in [0.5, 0.6) is 0 Å². The molecule has 2 heterocycles. The second-order valence-corrected chi connectivity index (χ2v) is 40.1. The smallest absolute Gasteiger partial charge is 0.163 e. The molecular weight excluding hydrogens is 993 g/mol. The highest BCUT2D eigenvalue weighted by Gasteiger charge is 2.43. The van der Waals surface area contributed by atoms with Crippen molar-refractivity contribution in [3.63, 3.8) is 0 Å². The maximum absolute atomic E-state index is 3.47. The van der Waals surface area contributed by atoms with Gasteiger partial charge in [-0.15, -0.1) is 0 Å². The summed E-state index contributed by atoms with van der Waals surface area (Å²) in [4.78, 5) is 3.40. The lowest BCUT2D eigenvalue weighted by molar-refractivity contribution is 0.631. The molecule has 1 N–H and O–H groups in total. The van der Waals surface area contributed by atoms with Gasteiger partial charge in [-0.2, -0.15) is 0 Å². The summed E-state index contributed by atoms with van der Waals surface area (Å²) in [7, 11) is -5.63. The van der Waals surface area contributed by atoms with Crippen LogP contribution >= 0.6 is 31.9 Å². The second-order valence-electron chi connectivity index (χ2n) is 25.5. The van der Waals surface area contributed by atoms with E-state index in [2.05, 4.69) is 239 Å². The number of hydrogen-bond donors (Lipinski definition) is 1. The molecule has 370 valence electrons. The van der Waals surface area contributed by atoms with Gasteiger partial charge in [0.25, 0.3) is 0 Å². The van der Waals surface area contributed by atoms with E-state index in [4.69, 9.17) is 0 Å². The Hall–Kier alpha value is -1.91. The third kappa shape index (κ3) is 13.9. The Morgan fingerprint density at radius 2 is 0.627 bits per heavy atom. The predicted molar refractivity (Wildman–Crippen MR) is 319 cm³/mol. The summed E-state index contributed by atoms with van der Waals surface area (Å²) in [5, 5.41) is 9.10. The number of hydrogen-bond acceptors (Lipinski definition) is 0. The van der Waals surface area contributed by atoms with Gasteiger partial charge in [-0.25, -0.2) is 0 Å². The molecule has 6 rings (SSSR count). The number of nitrogens with one attached hydrogen (secondary N) is 1. The molecule has 4 aromatic carbocycles.